The van der Waals surface area contributed by atoms with E-state index < -0.39 is 0 Å². The van der Waals surface area contributed by atoms with E-state index in [9.17, 15) is 0 Å². The minimum Gasteiger partial charge on any atom is -0.369 e. The van der Waals surface area contributed by atoms with Gasteiger partial charge in [-0.05, 0) is 19.1 Å². The van der Waals surface area contributed by atoms with E-state index in [-0.39, 0.29) is 0 Å². The molecular weight excluding hydrogens is 136 g/mol. The summed E-state index contributed by atoms with van der Waals surface area (Å²) in [5.74, 6) is 0. The van der Waals surface area contributed by atoms with Crippen molar-refractivity contribution in [3.63, 3.8) is 0 Å². The summed E-state index contributed by atoms with van der Waals surface area (Å²) < 4.78 is 0. The van der Waals surface area contributed by atoms with E-state index in [2.05, 4.69) is 36.0 Å². The van der Waals surface area contributed by atoms with Gasteiger partial charge in [-0.2, -0.15) is 0 Å². The zero-order valence-electron chi connectivity index (χ0n) is 6.86. The first-order chi connectivity index (χ1) is 5.29. The summed E-state index contributed by atoms with van der Waals surface area (Å²) in [6.45, 7) is 2.13. The number of aliphatic imine (C=N–C) groups is 1. The van der Waals surface area contributed by atoms with Crippen LogP contribution in [0.25, 0.3) is 0 Å². The van der Waals surface area contributed by atoms with Gasteiger partial charge in [-0.3, -0.25) is 4.99 Å². The van der Waals surface area contributed by atoms with Crippen molar-refractivity contribution in [3.05, 3.63) is 23.9 Å². The monoisotopic (exact) mass is 148 g/mol. The maximum Gasteiger partial charge on any atom is 0.0938 e. The number of nitrogens with zero attached hydrogens (tertiary/aromatic N) is 2. The standard InChI is InChI=1S/C9H12N2/c1-7-6-8-9(11(7)2)4-3-5-10-8/h3-6,8-9H,1-2H3. The van der Waals surface area contributed by atoms with Crippen LogP contribution in [0.2, 0.25) is 0 Å². The highest BCUT2D eigenvalue weighted by atomic mass is 15.2. The minimum atomic E-state index is 0.366. The molecule has 0 aromatic heterocycles. The Kier molecular flexibility index (Phi) is 1.34. The second-order valence-electron chi connectivity index (χ2n) is 3.08. The SMILES string of the molecule is CC1=CC2N=CC=CC2N1C. The second-order valence-corrected chi connectivity index (χ2v) is 3.08. The third-order valence-electron chi connectivity index (χ3n) is 2.42. The Morgan fingerprint density at radius 2 is 2.36 bits per heavy atom. The number of rotatable bonds is 0. The molecule has 0 aromatic rings. The topological polar surface area (TPSA) is 15.6 Å². The summed E-state index contributed by atoms with van der Waals surface area (Å²) in [6, 6.07) is 0.838. The first-order valence-electron chi connectivity index (χ1n) is 3.90. The van der Waals surface area contributed by atoms with Crippen molar-refractivity contribution in [1.29, 1.82) is 0 Å². The lowest BCUT2D eigenvalue weighted by Crippen LogP contribution is -2.31. The molecular formula is C9H12N2. The van der Waals surface area contributed by atoms with E-state index in [1.165, 1.54) is 5.70 Å². The van der Waals surface area contributed by atoms with Gasteiger partial charge in [0.05, 0.1) is 12.1 Å². The van der Waals surface area contributed by atoms with E-state index in [0.29, 0.717) is 12.1 Å². The highest BCUT2D eigenvalue weighted by Crippen LogP contribution is 2.24. The zero-order valence-corrected chi connectivity index (χ0v) is 6.86. The Balaban J connectivity index is 2.29. The predicted molar refractivity (Wildman–Crippen MR) is 46.7 cm³/mol. The van der Waals surface area contributed by atoms with Crippen LogP contribution in [-0.2, 0) is 0 Å². The van der Waals surface area contributed by atoms with Crippen molar-refractivity contribution in [2.24, 2.45) is 4.99 Å². The summed E-state index contributed by atoms with van der Waals surface area (Å²) in [5.41, 5.74) is 1.32. The molecule has 0 bridgehead atoms. The summed E-state index contributed by atoms with van der Waals surface area (Å²) in [7, 11) is 2.11. The van der Waals surface area contributed by atoms with Crippen LogP contribution < -0.4 is 0 Å². The summed E-state index contributed by atoms with van der Waals surface area (Å²) in [6.07, 6.45) is 8.31. The molecule has 0 amide bonds. The van der Waals surface area contributed by atoms with Gasteiger partial charge in [0.15, 0.2) is 0 Å². The van der Waals surface area contributed by atoms with Crippen molar-refractivity contribution >= 4 is 6.21 Å². The average Bonchev–Trinajstić information content (AvgIpc) is 2.30. The lowest BCUT2D eigenvalue weighted by molar-refractivity contribution is 0.368. The molecule has 2 heterocycles. The van der Waals surface area contributed by atoms with E-state index in [1.807, 2.05) is 12.3 Å². The van der Waals surface area contributed by atoms with Gasteiger partial charge in [0.1, 0.15) is 0 Å². The number of fused-ring (bicyclic) bond motifs is 1. The number of hydrogen-bond donors (Lipinski definition) is 0. The smallest absolute Gasteiger partial charge is 0.0938 e. The third-order valence-corrected chi connectivity index (χ3v) is 2.42. The fourth-order valence-corrected chi connectivity index (χ4v) is 1.61. The molecule has 0 saturated carbocycles. The summed E-state index contributed by atoms with van der Waals surface area (Å²) in [4.78, 5) is 6.62. The van der Waals surface area contributed by atoms with Crippen molar-refractivity contribution in [2.45, 2.75) is 19.0 Å². The number of dihydropyridines is 1. The normalized spacial score (nSPS) is 34.0. The van der Waals surface area contributed by atoms with Crippen LogP contribution in [0.5, 0.6) is 0 Å². The Bertz CT molecular complexity index is 250. The Labute approximate surface area is 66.9 Å². The van der Waals surface area contributed by atoms with E-state index >= 15 is 0 Å². The lowest BCUT2D eigenvalue weighted by Gasteiger charge is -2.24. The van der Waals surface area contributed by atoms with Crippen LogP contribution in [0.3, 0.4) is 0 Å². The lowest BCUT2D eigenvalue weighted by atomic mass is 10.1. The molecule has 2 unspecified atom stereocenters. The van der Waals surface area contributed by atoms with Crippen molar-refractivity contribution in [3.8, 4) is 0 Å². The third kappa shape index (κ3) is 0.897. The molecule has 2 nitrogen and oxygen atoms in total. The Hall–Kier alpha value is -1.05. The quantitative estimate of drug-likeness (QED) is 0.504. The van der Waals surface area contributed by atoms with Crippen molar-refractivity contribution in [1.82, 2.24) is 4.90 Å². The number of likely N-dealkylation sites (N-methyl/N-ethyl adjacent to an activating group) is 1. The maximum absolute atomic E-state index is 4.36. The first kappa shape index (κ1) is 6.65. The molecule has 0 aliphatic carbocycles. The Morgan fingerprint density at radius 3 is 3.09 bits per heavy atom. The van der Waals surface area contributed by atoms with E-state index in [4.69, 9.17) is 0 Å². The molecule has 2 atom stereocenters. The maximum atomic E-state index is 4.36. The van der Waals surface area contributed by atoms with Gasteiger partial charge in [-0.15, -0.1) is 0 Å². The van der Waals surface area contributed by atoms with Gasteiger partial charge in [-0.25, -0.2) is 0 Å². The van der Waals surface area contributed by atoms with Gasteiger partial charge in [0.25, 0.3) is 0 Å². The molecule has 58 valence electrons. The largest absolute Gasteiger partial charge is 0.369 e. The molecule has 2 rings (SSSR count). The Morgan fingerprint density at radius 1 is 1.55 bits per heavy atom. The fraction of sp³-hybridized carbons (Fsp3) is 0.444. The predicted octanol–water partition coefficient (Wildman–Crippen LogP) is 1.21. The molecule has 2 aliphatic rings. The molecule has 0 fully saturated rings. The van der Waals surface area contributed by atoms with Gasteiger partial charge >= 0.3 is 0 Å². The van der Waals surface area contributed by atoms with E-state index in [1.54, 1.807) is 0 Å². The molecule has 0 aromatic carbocycles. The summed E-state index contributed by atoms with van der Waals surface area (Å²) >= 11 is 0. The minimum absolute atomic E-state index is 0.366. The van der Waals surface area contributed by atoms with Crippen LogP contribution in [0.1, 0.15) is 6.92 Å². The van der Waals surface area contributed by atoms with Crippen LogP contribution >= 0.6 is 0 Å². The van der Waals surface area contributed by atoms with Gasteiger partial charge in [0, 0.05) is 19.0 Å². The van der Waals surface area contributed by atoms with E-state index in [0.717, 1.165) is 0 Å². The first-order valence-corrected chi connectivity index (χ1v) is 3.90. The molecule has 0 N–H and O–H groups in total. The molecule has 11 heavy (non-hydrogen) atoms. The number of hydrogen-bond acceptors (Lipinski definition) is 2. The van der Waals surface area contributed by atoms with Crippen LogP contribution in [0.15, 0.2) is 28.9 Å². The fourth-order valence-electron chi connectivity index (χ4n) is 1.61. The van der Waals surface area contributed by atoms with Gasteiger partial charge in [0.2, 0.25) is 0 Å². The second kappa shape index (κ2) is 2.22. The highest BCUT2D eigenvalue weighted by Gasteiger charge is 2.28. The molecule has 0 radical (unpaired) electrons. The molecule has 2 aliphatic heterocycles. The average molecular weight is 148 g/mol. The molecule has 0 saturated heterocycles. The van der Waals surface area contributed by atoms with Crippen molar-refractivity contribution < 1.29 is 0 Å². The molecule has 2 heteroatoms. The zero-order chi connectivity index (χ0) is 7.84. The van der Waals surface area contributed by atoms with Crippen LogP contribution in [-0.4, -0.2) is 30.2 Å². The molecule has 0 spiro atoms. The van der Waals surface area contributed by atoms with Crippen LogP contribution in [0, 0.1) is 0 Å². The highest BCUT2D eigenvalue weighted by molar-refractivity contribution is 5.73. The van der Waals surface area contributed by atoms with Crippen molar-refractivity contribution in [2.75, 3.05) is 7.05 Å². The van der Waals surface area contributed by atoms with Gasteiger partial charge < -0.3 is 4.90 Å². The van der Waals surface area contributed by atoms with Gasteiger partial charge in [-0.1, -0.05) is 6.08 Å². The summed E-state index contributed by atoms with van der Waals surface area (Å²) in [5, 5.41) is 0. The number of allylic oxidation sites excluding steroid dienone is 2. The van der Waals surface area contributed by atoms with Crippen LogP contribution in [0.4, 0.5) is 0 Å².